The molecule has 19 heavy (non-hydrogen) atoms. The molecule has 2 aromatic rings. The number of furan rings is 1. The lowest BCUT2D eigenvalue weighted by Gasteiger charge is -2.04. The highest BCUT2D eigenvalue weighted by atomic mass is 32.2. The zero-order chi connectivity index (χ0) is 14.0. The van der Waals surface area contributed by atoms with Crippen LogP contribution in [0, 0.1) is 11.6 Å². The van der Waals surface area contributed by atoms with Gasteiger partial charge in [-0.2, -0.15) is 0 Å². The van der Waals surface area contributed by atoms with Gasteiger partial charge in [-0.05, 0) is 24.3 Å². The number of aldehydes is 1. The summed E-state index contributed by atoms with van der Waals surface area (Å²) in [6, 6.07) is 4.81. The summed E-state index contributed by atoms with van der Waals surface area (Å²) in [5.41, 5.74) is 0. The molecule has 0 aliphatic rings. The molecule has 0 saturated heterocycles. The standard InChI is InChI=1S/C12H8F2O4S/c13-8-1-4-12(11(14)5-8)19(16,17)7-10-3-2-9(6-15)18-10/h1-6H,7H2. The smallest absolute Gasteiger partial charge is 0.188 e. The highest BCUT2D eigenvalue weighted by Gasteiger charge is 2.22. The highest BCUT2D eigenvalue weighted by Crippen LogP contribution is 2.21. The molecule has 0 atom stereocenters. The van der Waals surface area contributed by atoms with Gasteiger partial charge in [0.05, 0.1) is 0 Å². The average Bonchev–Trinajstić information content (AvgIpc) is 2.75. The van der Waals surface area contributed by atoms with E-state index in [0.717, 1.165) is 12.1 Å². The zero-order valence-electron chi connectivity index (χ0n) is 9.47. The maximum absolute atomic E-state index is 13.4. The quantitative estimate of drug-likeness (QED) is 0.639. The normalized spacial score (nSPS) is 11.5. The van der Waals surface area contributed by atoms with Crippen LogP contribution in [0.4, 0.5) is 8.78 Å². The number of benzene rings is 1. The van der Waals surface area contributed by atoms with Crippen LogP contribution in [0.15, 0.2) is 39.6 Å². The van der Waals surface area contributed by atoms with Crippen LogP contribution in [-0.4, -0.2) is 14.7 Å². The van der Waals surface area contributed by atoms with Gasteiger partial charge < -0.3 is 4.42 Å². The van der Waals surface area contributed by atoms with Gasteiger partial charge in [0.2, 0.25) is 0 Å². The summed E-state index contributed by atoms with van der Waals surface area (Å²) in [5, 5.41) is 0. The molecule has 0 radical (unpaired) electrons. The van der Waals surface area contributed by atoms with Crippen molar-refractivity contribution in [3.05, 3.63) is 53.5 Å². The van der Waals surface area contributed by atoms with E-state index in [1.807, 2.05) is 0 Å². The summed E-state index contributed by atoms with van der Waals surface area (Å²) in [6.45, 7) is 0. The lowest BCUT2D eigenvalue weighted by molar-refractivity contribution is 0.109. The first kappa shape index (κ1) is 13.4. The Morgan fingerprint density at radius 2 is 1.89 bits per heavy atom. The van der Waals surface area contributed by atoms with Crippen LogP contribution in [0.5, 0.6) is 0 Å². The third-order valence-electron chi connectivity index (χ3n) is 2.36. The molecule has 1 heterocycles. The number of hydrogen-bond donors (Lipinski definition) is 0. The molecule has 0 fully saturated rings. The van der Waals surface area contributed by atoms with Gasteiger partial charge in [0.1, 0.15) is 28.0 Å². The second-order valence-electron chi connectivity index (χ2n) is 3.76. The molecule has 0 unspecified atom stereocenters. The maximum atomic E-state index is 13.4. The van der Waals surface area contributed by atoms with E-state index in [2.05, 4.69) is 0 Å². The van der Waals surface area contributed by atoms with Crippen LogP contribution < -0.4 is 0 Å². The zero-order valence-corrected chi connectivity index (χ0v) is 10.3. The molecule has 0 bridgehead atoms. The average molecular weight is 286 g/mol. The van der Waals surface area contributed by atoms with E-state index in [1.165, 1.54) is 12.1 Å². The Kier molecular flexibility index (Phi) is 3.48. The molecule has 4 nitrogen and oxygen atoms in total. The fourth-order valence-corrected chi connectivity index (χ4v) is 2.84. The van der Waals surface area contributed by atoms with Crippen LogP contribution in [0.2, 0.25) is 0 Å². The third kappa shape index (κ3) is 2.87. The molecule has 0 aliphatic carbocycles. The highest BCUT2D eigenvalue weighted by molar-refractivity contribution is 7.90. The minimum atomic E-state index is -4.01. The van der Waals surface area contributed by atoms with Gasteiger partial charge in [-0.1, -0.05) is 0 Å². The van der Waals surface area contributed by atoms with Crippen molar-refractivity contribution in [1.29, 1.82) is 0 Å². The Morgan fingerprint density at radius 1 is 1.16 bits per heavy atom. The number of hydrogen-bond acceptors (Lipinski definition) is 4. The second kappa shape index (κ2) is 4.93. The maximum Gasteiger partial charge on any atom is 0.188 e. The second-order valence-corrected chi connectivity index (χ2v) is 5.71. The van der Waals surface area contributed by atoms with Gasteiger partial charge in [-0.3, -0.25) is 4.79 Å². The van der Waals surface area contributed by atoms with Gasteiger partial charge in [-0.25, -0.2) is 17.2 Å². The molecule has 1 aromatic heterocycles. The third-order valence-corrected chi connectivity index (χ3v) is 4.03. The Bertz CT molecular complexity index is 719. The molecule has 0 spiro atoms. The number of carbonyl (C=O) groups excluding carboxylic acids is 1. The van der Waals surface area contributed by atoms with Gasteiger partial charge in [-0.15, -0.1) is 0 Å². The first-order valence-electron chi connectivity index (χ1n) is 5.14. The van der Waals surface area contributed by atoms with E-state index in [-0.39, 0.29) is 11.5 Å². The molecular weight excluding hydrogens is 278 g/mol. The van der Waals surface area contributed by atoms with Crippen molar-refractivity contribution < 1.29 is 26.4 Å². The number of rotatable bonds is 4. The first-order valence-corrected chi connectivity index (χ1v) is 6.79. The largest absolute Gasteiger partial charge is 0.457 e. The van der Waals surface area contributed by atoms with Crippen LogP contribution in [0.25, 0.3) is 0 Å². The summed E-state index contributed by atoms with van der Waals surface area (Å²) in [4.78, 5) is 9.79. The Hall–Kier alpha value is -2.02. The summed E-state index contributed by atoms with van der Waals surface area (Å²) in [7, 11) is -4.01. The predicted molar refractivity (Wildman–Crippen MR) is 61.3 cm³/mol. The molecule has 100 valence electrons. The Morgan fingerprint density at radius 3 is 2.47 bits per heavy atom. The van der Waals surface area contributed by atoms with Crippen LogP contribution >= 0.6 is 0 Å². The van der Waals surface area contributed by atoms with E-state index >= 15 is 0 Å². The van der Waals surface area contributed by atoms with Crippen LogP contribution in [-0.2, 0) is 15.6 Å². The molecule has 0 amide bonds. The van der Waals surface area contributed by atoms with E-state index in [0.29, 0.717) is 12.4 Å². The van der Waals surface area contributed by atoms with E-state index in [4.69, 9.17) is 4.42 Å². The molecule has 1 aromatic carbocycles. The summed E-state index contributed by atoms with van der Waals surface area (Å²) in [5.74, 6) is -2.65. The van der Waals surface area contributed by atoms with Crippen molar-refractivity contribution in [3.63, 3.8) is 0 Å². The summed E-state index contributed by atoms with van der Waals surface area (Å²) < 4.78 is 54.9. The lowest BCUT2D eigenvalue weighted by atomic mass is 10.3. The lowest BCUT2D eigenvalue weighted by Crippen LogP contribution is -2.07. The SMILES string of the molecule is O=Cc1ccc(CS(=O)(=O)c2ccc(F)cc2F)o1. The van der Waals surface area contributed by atoms with Crippen LogP contribution in [0.3, 0.4) is 0 Å². The van der Waals surface area contributed by atoms with Crippen molar-refractivity contribution in [1.82, 2.24) is 0 Å². The van der Waals surface area contributed by atoms with Gasteiger partial charge in [0.15, 0.2) is 21.9 Å². The number of halogens is 2. The first-order chi connectivity index (χ1) is 8.92. The predicted octanol–water partition coefficient (Wildman–Crippen LogP) is 2.34. The van der Waals surface area contributed by atoms with Crippen molar-refractivity contribution in [3.8, 4) is 0 Å². The number of carbonyl (C=O) groups is 1. The van der Waals surface area contributed by atoms with Crippen molar-refractivity contribution in [2.24, 2.45) is 0 Å². The van der Waals surface area contributed by atoms with Crippen molar-refractivity contribution in [2.45, 2.75) is 10.6 Å². The van der Waals surface area contributed by atoms with Gasteiger partial charge >= 0.3 is 0 Å². The minimum absolute atomic E-state index is 0.00539. The van der Waals surface area contributed by atoms with Crippen molar-refractivity contribution in [2.75, 3.05) is 0 Å². The van der Waals surface area contributed by atoms with E-state index < -0.39 is 32.1 Å². The van der Waals surface area contributed by atoms with Gasteiger partial charge in [0, 0.05) is 6.07 Å². The molecule has 7 heteroatoms. The molecular formula is C12H8F2O4S. The summed E-state index contributed by atoms with van der Waals surface area (Å²) >= 11 is 0. The molecule has 0 saturated carbocycles. The fourth-order valence-electron chi connectivity index (χ4n) is 1.53. The topological polar surface area (TPSA) is 64.3 Å². The minimum Gasteiger partial charge on any atom is -0.457 e. The molecule has 0 N–H and O–H groups in total. The fraction of sp³-hybridized carbons (Fsp3) is 0.0833. The van der Waals surface area contributed by atoms with Gasteiger partial charge in [0.25, 0.3) is 0 Å². The molecule has 2 rings (SSSR count). The Balaban J connectivity index is 2.34. The van der Waals surface area contributed by atoms with E-state index in [1.54, 1.807) is 0 Å². The van der Waals surface area contributed by atoms with E-state index in [9.17, 15) is 22.0 Å². The monoisotopic (exact) mass is 286 g/mol. The van der Waals surface area contributed by atoms with Crippen LogP contribution in [0.1, 0.15) is 16.3 Å². The van der Waals surface area contributed by atoms with Crippen molar-refractivity contribution >= 4 is 16.1 Å². The summed E-state index contributed by atoms with van der Waals surface area (Å²) in [6.07, 6.45) is 0.425. The molecule has 0 aliphatic heterocycles. The Labute approximate surface area is 107 Å². The number of sulfone groups is 1.